The number of hydrogen-bond donors (Lipinski definition) is 1. The Balaban J connectivity index is 1.08. The molecule has 3 fully saturated rings. The lowest BCUT2D eigenvalue weighted by Crippen LogP contribution is -2.42. The molecule has 7 nitrogen and oxygen atoms in total. The highest BCUT2D eigenvalue weighted by Crippen LogP contribution is 2.58. The molecular weight excluding hydrogens is 514 g/mol. The number of aliphatic carboxylic acids is 1. The van der Waals surface area contributed by atoms with Gasteiger partial charge in [-0.2, -0.15) is 0 Å². The number of nitrogens with zero attached hydrogens (tertiary/aromatic N) is 3. The van der Waals surface area contributed by atoms with Crippen molar-refractivity contribution in [3.05, 3.63) is 76.3 Å². The summed E-state index contributed by atoms with van der Waals surface area (Å²) < 4.78 is 12.1. The standard InChI is InChI=1S/C34H39N3O4/c1-22-6-7-31(28(14-22)30-4-3-5-32(35-30)37-18-26-17-34(26,21-37)33(38)39)41-20-24-15-23(2)29-19-36(11-8-25(29)16-24)27-9-12-40-13-10-27/h3-7,14-16,26-27H,8-13,17-21H2,1-2H3,(H,38,39)/t26-,34-/m0/s1. The Morgan fingerprint density at radius 2 is 2.00 bits per heavy atom. The van der Waals surface area contributed by atoms with E-state index in [1.54, 1.807) is 0 Å². The number of anilines is 1. The fraction of sp³-hybridized carbons (Fsp3) is 0.471. The summed E-state index contributed by atoms with van der Waals surface area (Å²) in [5.74, 6) is 1.20. The zero-order chi connectivity index (χ0) is 28.1. The molecule has 2 saturated heterocycles. The molecule has 1 saturated carbocycles. The predicted molar refractivity (Wildman–Crippen MR) is 158 cm³/mol. The molecule has 4 aliphatic rings. The molecule has 3 aliphatic heterocycles. The van der Waals surface area contributed by atoms with Crippen molar-refractivity contribution in [1.29, 1.82) is 0 Å². The number of carboxylic acid groups (broad SMARTS) is 1. The van der Waals surface area contributed by atoms with Gasteiger partial charge in [-0.25, -0.2) is 4.98 Å². The van der Waals surface area contributed by atoms with Crippen molar-refractivity contribution >= 4 is 11.8 Å². The van der Waals surface area contributed by atoms with Gasteiger partial charge in [0.25, 0.3) is 0 Å². The molecule has 1 aromatic heterocycles. The molecule has 1 aliphatic carbocycles. The van der Waals surface area contributed by atoms with Gasteiger partial charge in [-0.05, 0) is 92.0 Å². The summed E-state index contributed by atoms with van der Waals surface area (Å²) in [4.78, 5) is 21.6. The van der Waals surface area contributed by atoms with Crippen LogP contribution >= 0.6 is 0 Å². The zero-order valence-corrected chi connectivity index (χ0v) is 24.1. The van der Waals surface area contributed by atoms with Crippen molar-refractivity contribution in [1.82, 2.24) is 9.88 Å². The van der Waals surface area contributed by atoms with Crippen LogP contribution in [-0.2, 0) is 29.1 Å². The number of carboxylic acids is 1. The Kier molecular flexibility index (Phi) is 6.75. The van der Waals surface area contributed by atoms with Crippen molar-refractivity contribution in [2.75, 3.05) is 37.7 Å². The molecule has 0 bridgehead atoms. The topological polar surface area (TPSA) is 75.1 Å². The van der Waals surface area contributed by atoms with E-state index in [0.717, 1.165) is 86.9 Å². The molecule has 2 atom stereocenters. The number of carbonyl (C=O) groups is 1. The van der Waals surface area contributed by atoms with Gasteiger partial charge in [-0.1, -0.05) is 29.8 Å². The van der Waals surface area contributed by atoms with Gasteiger partial charge in [0.15, 0.2) is 0 Å². The number of ether oxygens (including phenoxy) is 2. The van der Waals surface area contributed by atoms with E-state index in [2.05, 4.69) is 47.9 Å². The molecule has 2 aromatic carbocycles. The summed E-state index contributed by atoms with van der Waals surface area (Å²) in [6, 6.07) is 17.5. The van der Waals surface area contributed by atoms with Crippen molar-refractivity contribution in [3.63, 3.8) is 0 Å². The van der Waals surface area contributed by atoms with E-state index in [4.69, 9.17) is 14.5 Å². The number of rotatable bonds is 7. The lowest BCUT2D eigenvalue weighted by molar-refractivity contribution is -0.143. The first kappa shape index (κ1) is 26.5. The van der Waals surface area contributed by atoms with Crippen LogP contribution in [0.1, 0.15) is 47.1 Å². The van der Waals surface area contributed by atoms with E-state index in [-0.39, 0.29) is 5.92 Å². The minimum atomic E-state index is -0.676. The van der Waals surface area contributed by atoms with Crippen LogP contribution in [0, 0.1) is 25.2 Å². The van der Waals surface area contributed by atoms with Gasteiger partial charge in [0.2, 0.25) is 0 Å². The van der Waals surface area contributed by atoms with Gasteiger partial charge in [-0.3, -0.25) is 9.69 Å². The van der Waals surface area contributed by atoms with Crippen LogP contribution in [-0.4, -0.2) is 59.8 Å². The number of pyridine rings is 1. The van der Waals surface area contributed by atoms with Crippen LogP contribution in [0.3, 0.4) is 0 Å². The van der Waals surface area contributed by atoms with E-state index >= 15 is 0 Å². The maximum atomic E-state index is 11.8. The maximum absolute atomic E-state index is 11.8. The first-order valence-corrected chi connectivity index (χ1v) is 15.0. The molecule has 1 N–H and O–H groups in total. The lowest BCUT2D eigenvalue weighted by atomic mass is 9.91. The molecule has 41 heavy (non-hydrogen) atoms. The highest BCUT2D eigenvalue weighted by atomic mass is 16.5. The second kappa shape index (κ2) is 10.4. The Morgan fingerprint density at radius 1 is 1.15 bits per heavy atom. The average Bonchev–Trinajstić information content (AvgIpc) is 3.57. The zero-order valence-electron chi connectivity index (χ0n) is 24.1. The van der Waals surface area contributed by atoms with Gasteiger partial charge < -0.3 is 19.5 Å². The number of aromatic nitrogens is 1. The van der Waals surface area contributed by atoms with Crippen LogP contribution in [0.15, 0.2) is 48.5 Å². The third-order valence-electron chi connectivity index (χ3n) is 9.80. The van der Waals surface area contributed by atoms with Crippen LogP contribution in [0.5, 0.6) is 5.75 Å². The van der Waals surface area contributed by atoms with Crippen LogP contribution in [0.2, 0.25) is 0 Å². The molecule has 0 amide bonds. The summed E-state index contributed by atoms with van der Waals surface area (Å²) in [5.41, 5.74) is 7.85. The molecule has 0 unspecified atom stereocenters. The molecule has 214 valence electrons. The first-order chi connectivity index (χ1) is 19.9. The first-order valence-electron chi connectivity index (χ1n) is 15.0. The molecule has 4 heterocycles. The lowest BCUT2D eigenvalue weighted by Gasteiger charge is -2.38. The van der Waals surface area contributed by atoms with Gasteiger partial charge in [-0.15, -0.1) is 0 Å². The Hall–Kier alpha value is -3.42. The second-order valence-corrected chi connectivity index (χ2v) is 12.5. The molecule has 0 spiro atoms. The third-order valence-corrected chi connectivity index (χ3v) is 9.80. The maximum Gasteiger partial charge on any atom is 0.311 e. The van der Waals surface area contributed by atoms with Gasteiger partial charge in [0.05, 0.1) is 11.1 Å². The SMILES string of the molecule is Cc1ccc(OCc2cc(C)c3c(c2)CCN(C2CCOCC2)C3)c(-c2cccc(N3C[C@@H]4C[C@]4(C(=O)O)C3)n2)c1. The summed E-state index contributed by atoms with van der Waals surface area (Å²) in [7, 11) is 0. The quantitative estimate of drug-likeness (QED) is 0.420. The smallest absolute Gasteiger partial charge is 0.311 e. The highest BCUT2D eigenvalue weighted by Gasteiger charge is 2.65. The number of aryl methyl sites for hydroxylation is 2. The molecule has 7 heteroatoms. The minimum absolute atomic E-state index is 0.230. The summed E-state index contributed by atoms with van der Waals surface area (Å²) >= 11 is 0. The third kappa shape index (κ3) is 4.99. The molecule has 3 aromatic rings. The fourth-order valence-corrected chi connectivity index (χ4v) is 7.28. The molecule has 0 radical (unpaired) electrons. The van der Waals surface area contributed by atoms with Crippen LogP contribution in [0.4, 0.5) is 5.82 Å². The Morgan fingerprint density at radius 3 is 2.80 bits per heavy atom. The summed E-state index contributed by atoms with van der Waals surface area (Å²) in [6.07, 6.45) is 4.14. The van der Waals surface area contributed by atoms with Crippen LogP contribution in [0.25, 0.3) is 11.3 Å². The monoisotopic (exact) mass is 553 g/mol. The van der Waals surface area contributed by atoms with E-state index in [0.29, 0.717) is 19.2 Å². The summed E-state index contributed by atoms with van der Waals surface area (Å²) in [5, 5.41) is 9.71. The van der Waals surface area contributed by atoms with Crippen LogP contribution < -0.4 is 9.64 Å². The van der Waals surface area contributed by atoms with Crippen molar-refractivity contribution in [2.45, 2.75) is 58.7 Å². The number of piperidine rings is 1. The minimum Gasteiger partial charge on any atom is -0.488 e. The van der Waals surface area contributed by atoms with E-state index < -0.39 is 11.4 Å². The van der Waals surface area contributed by atoms with Crippen molar-refractivity contribution in [2.24, 2.45) is 11.3 Å². The average molecular weight is 554 g/mol. The van der Waals surface area contributed by atoms with Gasteiger partial charge >= 0.3 is 5.97 Å². The predicted octanol–water partition coefficient (Wildman–Crippen LogP) is 5.39. The Labute approximate surface area is 242 Å². The Bertz CT molecular complexity index is 1480. The van der Waals surface area contributed by atoms with E-state index in [9.17, 15) is 9.90 Å². The number of benzene rings is 2. The highest BCUT2D eigenvalue weighted by molar-refractivity contribution is 5.81. The largest absolute Gasteiger partial charge is 0.488 e. The van der Waals surface area contributed by atoms with Crippen molar-refractivity contribution < 1.29 is 19.4 Å². The molecular formula is C34H39N3O4. The fourth-order valence-electron chi connectivity index (χ4n) is 7.28. The normalized spacial score (nSPS) is 24.1. The van der Waals surface area contributed by atoms with Gasteiger partial charge in [0.1, 0.15) is 18.2 Å². The van der Waals surface area contributed by atoms with E-state index in [1.807, 2.05) is 24.3 Å². The second-order valence-electron chi connectivity index (χ2n) is 12.5. The number of fused-ring (bicyclic) bond motifs is 2. The van der Waals surface area contributed by atoms with Gasteiger partial charge in [0, 0.05) is 51.0 Å². The molecule has 7 rings (SSSR count). The van der Waals surface area contributed by atoms with E-state index in [1.165, 1.54) is 22.3 Å². The summed E-state index contributed by atoms with van der Waals surface area (Å²) in [6.45, 7) is 10.0. The number of hydrogen-bond acceptors (Lipinski definition) is 6. The van der Waals surface area contributed by atoms with Crippen molar-refractivity contribution in [3.8, 4) is 17.0 Å².